The van der Waals surface area contributed by atoms with Gasteiger partial charge < -0.3 is 24.6 Å². The molecule has 4 atom stereocenters. The summed E-state index contributed by atoms with van der Waals surface area (Å²) in [6.45, 7) is 4.25. The Morgan fingerprint density at radius 2 is 2.06 bits per heavy atom. The number of nitrogens with zero attached hydrogens (tertiary/aromatic N) is 2. The smallest absolute Gasteiger partial charge is 0.341 e. The molecule has 2 aromatic rings. The highest BCUT2D eigenvalue weighted by Crippen LogP contribution is 2.46. The van der Waals surface area contributed by atoms with E-state index in [0.717, 1.165) is 18.8 Å². The quantitative estimate of drug-likeness (QED) is 0.679. The van der Waals surface area contributed by atoms with Gasteiger partial charge in [-0.15, -0.1) is 0 Å². The third-order valence-corrected chi connectivity index (χ3v) is 7.00. The van der Waals surface area contributed by atoms with Gasteiger partial charge in [0.25, 0.3) is 0 Å². The molecule has 0 amide bonds. The molecule has 3 aliphatic rings. The number of hydrogen-bond acceptors (Lipinski definition) is 5. The minimum atomic E-state index is -1.43. The lowest BCUT2D eigenvalue weighted by Crippen LogP contribution is -2.29. The van der Waals surface area contributed by atoms with Crippen LogP contribution in [0, 0.1) is 17.7 Å². The number of fused-ring (bicyclic) bond motifs is 1. The van der Waals surface area contributed by atoms with Crippen LogP contribution in [0.5, 0.6) is 5.75 Å². The SMILES string of the molecule is COc1c(N2C[C@@H](CNC3CC3)[C@H](C)C2)c(F)cc2c(=O)c(C(=O)O)cn([C@@H]3C[C@@H]3F)c12. The standard InChI is InChI=1S/C23H27F2N3O4/c1-11-8-27(9-12(11)7-26-13-3-4-13)20-17(25)5-14-19(22(20)32-2)28(18-6-16(18)24)10-15(21(14)29)23(30)31/h5,10-13,16,18,26H,3-4,6-9H2,1-2H3,(H,30,31)/t11-,12-,16+,18-/m1/s1. The Labute approximate surface area is 184 Å². The van der Waals surface area contributed by atoms with Crippen LogP contribution in [0.2, 0.25) is 0 Å². The van der Waals surface area contributed by atoms with Crippen molar-refractivity contribution >= 4 is 22.6 Å². The van der Waals surface area contributed by atoms with Crippen molar-refractivity contribution in [2.24, 2.45) is 11.8 Å². The van der Waals surface area contributed by atoms with Crippen molar-refractivity contribution in [2.75, 3.05) is 31.6 Å². The van der Waals surface area contributed by atoms with Crippen molar-refractivity contribution in [3.05, 3.63) is 33.9 Å². The van der Waals surface area contributed by atoms with Gasteiger partial charge in [-0.3, -0.25) is 4.79 Å². The van der Waals surface area contributed by atoms with Gasteiger partial charge in [0.15, 0.2) is 11.6 Å². The molecule has 0 unspecified atom stereocenters. The van der Waals surface area contributed by atoms with E-state index in [9.17, 15) is 19.1 Å². The second kappa shape index (κ2) is 7.72. The summed E-state index contributed by atoms with van der Waals surface area (Å²) < 4.78 is 36.5. The van der Waals surface area contributed by atoms with Crippen molar-refractivity contribution in [1.82, 2.24) is 9.88 Å². The van der Waals surface area contributed by atoms with Crippen molar-refractivity contribution < 1.29 is 23.4 Å². The third kappa shape index (κ3) is 3.52. The number of carboxylic acid groups (broad SMARTS) is 1. The number of hydrogen-bond donors (Lipinski definition) is 2. The average molecular weight is 447 g/mol. The largest absolute Gasteiger partial charge is 0.492 e. The molecule has 9 heteroatoms. The fourth-order valence-electron chi connectivity index (χ4n) is 4.87. The van der Waals surface area contributed by atoms with Gasteiger partial charge in [0.2, 0.25) is 5.43 Å². The zero-order valence-electron chi connectivity index (χ0n) is 18.1. The number of carbonyl (C=O) groups is 1. The van der Waals surface area contributed by atoms with Crippen LogP contribution in [-0.4, -0.2) is 54.6 Å². The zero-order valence-corrected chi connectivity index (χ0v) is 18.1. The molecule has 0 radical (unpaired) electrons. The first-order chi connectivity index (χ1) is 15.3. The summed E-state index contributed by atoms with van der Waals surface area (Å²) in [5.41, 5.74) is -0.819. The van der Waals surface area contributed by atoms with E-state index < -0.39 is 35.0 Å². The average Bonchev–Trinajstić information content (AvgIpc) is 3.67. The molecule has 3 fully saturated rings. The summed E-state index contributed by atoms with van der Waals surface area (Å²) >= 11 is 0. The van der Waals surface area contributed by atoms with Crippen LogP contribution in [-0.2, 0) is 0 Å². The minimum absolute atomic E-state index is 0.110. The van der Waals surface area contributed by atoms with E-state index in [0.29, 0.717) is 31.0 Å². The summed E-state index contributed by atoms with van der Waals surface area (Å²) in [6, 6.07) is 1.07. The highest BCUT2D eigenvalue weighted by molar-refractivity contribution is 5.97. The van der Waals surface area contributed by atoms with Gasteiger partial charge >= 0.3 is 5.97 Å². The molecule has 0 spiro atoms. The Balaban J connectivity index is 1.62. The van der Waals surface area contributed by atoms with Gasteiger partial charge in [-0.1, -0.05) is 6.92 Å². The van der Waals surface area contributed by atoms with Crippen molar-refractivity contribution in [1.29, 1.82) is 0 Å². The Bertz CT molecular complexity index is 1150. The van der Waals surface area contributed by atoms with Gasteiger partial charge in [-0.25, -0.2) is 13.6 Å². The first-order valence-electron chi connectivity index (χ1n) is 11.1. The second-order valence-electron chi connectivity index (χ2n) is 9.36. The molecular formula is C23H27F2N3O4. The highest BCUT2D eigenvalue weighted by atomic mass is 19.1. The van der Waals surface area contributed by atoms with Crippen molar-refractivity contribution in [3.8, 4) is 5.75 Å². The number of ether oxygens (including phenoxy) is 1. The number of methoxy groups -OCH3 is 1. The van der Waals surface area contributed by atoms with Gasteiger partial charge in [0.05, 0.1) is 24.1 Å². The topological polar surface area (TPSA) is 83.8 Å². The van der Waals surface area contributed by atoms with Gasteiger partial charge in [0.1, 0.15) is 17.4 Å². The summed E-state index contributed by atoms with van der Waals surface area (Å²) in [7, 11) is 1.39. The number of halogens is 2. The summed E-state index contributed by atoms with van der Waals surface area (Å²) in [6.07, 6.45) is 2.62. The van der Waals surface area contributed by atoms with Crippen LogP contribution in [0.3, 0.4) is 0 Å². The van der Waals surface area contributed by atoms with Crippen LogP contribution >= 0.6 is 0 Å². The first kappa shape index (κ1) is 21.2. The third-order valence-electron chi connectivity index (χ3n) is 7.00. The molecule has 172 valence electrons. The Hall–Kier alpha value is -2.68. The molecule has 2 aliphatic carbocycles. The summed E-state index contributed by atoms with van der Waals surface area (Å²) in [4.78, 5) is 26.4. The monoisotopic (exact) mass is 447 g/mol. The predicted octanol–water partition coefficient (Wildman–Crippen LogP) is 2.95. The molecule has 5 rings (SSSR count). The zero-order chi connectivity index (χ0) is 22.7. The van der Waals surface area contributed by atoms with Gasteiger partial charge in [0, 0.05) is 38.3 Å². The lowest BCUT2D eigenvalue weighted by molar-refractivity contribution is 0.0694. The number of anilines is 1. The molecule has 2 heterocycles. The number of nitrogens with one attached hydrogen (secondary N) is 1. The number of pyridine rings is 1. The number of rotatable bonds is 7. The Kier molecular flexibility index (Phi) is 5.11. The second-order valence-corrected chi connectivity index (χ2v) is 9.36. The van der Waals surface area contributed by atoms with E-state index in [1.165, 1.54) is 24.5 Å². The fourth-order valence-corrected chi connectivity index (χ4v) is 4.87. The number of alkyl halides is 1. The predicted molar refractivity (Wildman–Crippen MR) is 116 cm³/mol. The van der Waals surface area contributed by atoms with E-state index in [1.54, 1.807) is 0 Å². The maximum absolute atomic E-state index is 15.4. The van der Waals surface area contributed by atoms with Crippen molar-refractivity contribution in [3.63, 3.8) is 0 Å². The van der Waals surface area contributed by atoms with E-state index in [-0.39, 0.29) is 28.8 Å². The molecule has 7 nitrogen and oxygen atoms in total. The Morgan fingerprint density at radius 1 is 1.34 bits per heavy atom. The minimum Gasteiger partial charge on any atom is -0.492 e. The molecule has 2 N–H and O–H groups in total. The van der Waals surface area contributed by atoms with E-state index in [4.69, 9.17) is 4.74 Å². The van der Waals surface area contributed by atoms with Crippen LogP contribution in [0.15, 0.2) is 17.1 Å². The Morgan fingerprint density at radius 3 is 2.66 bits per heavy atom. The number of aromatic nitrogens is 1. The molecule has 0 bridgehead atoms. The number of aromatic carboxylic acids is 1. The van der Waals surface area contributed by atoms with Crippen molar-refractivity contribution in [2.45, 2.75) is 44.4 Å². The van der Waals surface area contributed by atoms with Crippen LogP contribution in [0.4, 0.5) is 14.5 Å². The fraction of sp³-hybridized carbons (Fsp3) is 0.565. The first-order valence-corrected chi connectivity index (χ1v) is 11.1. The lowest BCUT2D eigenvalue weighted by atomic mass is 9.98. The number of benzene rings is 1. The van der Waals surface area contributed by atoms with Gasteiger partial charge in [-0.2, -0.15) is 0 Å². The molecule has 1 aromatic carbocycles. The summed E-state index contributed by atoms with van der Waals surface area (Å²) in [5.74, 6) is -1.25. The van der Waals surface area contributed by atoms with Gasteiger partial charge in [-0.05, 0) is 30.7 Å². The van der Waals surface area contributed by atoms with Crippen LogP contribution in [0.25, 0.3) is 10.9 Å². The van der Waals surface area contributed by atoms with E-state index in [1.807, 2.05) is 4.90 Å². The lowest BCUT2D eigenvalue weighted by Gasteiger charge is -2.25. The molecule has 1 aliphatic heterocycles. The molecular weight excluding hydrogens is 420 g/mol. The molecule has 1 aromatic heterocycles. The van der Waals surface area contributed by atoms with E-state index in [2.05, 4.69) is 12.2 Å². The maximum atomic E-state index is 15.4. The normalized spacial score (nSPS) is 27.2. The van der Waals surface area contributed by atoms with Crippen LogP contribution < -0.4 is 20.4 Å². The molecule has 32 heavy (non-hydrogen) atoms. The van der Waals surface area contributed by atoms with Crippen LogP contribution in [0.1, 0.15) is 42.6 Å². The number of carboxylic acids is 1. The molecule has 1 saturated heterocycles. The van der Waals surface area contributed by atoms with E-state index >= 15 is 4.39 Å². The molecule has 2 saturated carbocycles. The highest BCUT2D eigenvalue weighted by Gasteiger charge is 2.42. The summed E-state index contributed by atoms with van der Waals surface area (Å²) in [5, 5.41) is 12.9. The maximum Gasteiger partial charge on any atom is 0.341 e.